The summed E-state index contributed by atoms with van der Waals surface area (Å²) in [6, 6.07) is 5.56. The Morgan fingerprint density at radius 1 is 1.00 bits per heavy atom. The van der Waals surface area contributed by atoms with Gasteiger partial charge in [0.1, 0.15) is 5.56 Å². The maximum absolute atomic E-state index is 12.6. The third-order valence-corrected chi connectivity index (χ3v) is 4.25. The molecule has 0 saturated heterocycles. The standard InChI is InChI=1S/C13H19ClN2O.C7H2F5NO/c1-3-4-8-15-9-12(17)16-13-10(2)6-5-7-11(13)14;8-2-1(7(13)14)3(9)5(11)6(12)4(2)10/h5-7,15H,3-4,8-9H2,1-2H3,(H,16,17);(H2,13,14). The first-order valence-corrected chi connectivity index (χ1v) is 9.47. The number of unbranched alkanes of at least 4 members (excludes halogenated alkanes) is 1. The van der Waals surface area contributed by atoms with Crippen molar-refractivity contribution in [2.45, 2.75) is 26.7 Å². The fourth-order valence-corrected chi connectivity index (χ4v) is 2.57. The molecule has 0 fully saturated rings. The van der Waals surface area contributed by atoms with E-state index in [1.807, 2.05) is 19.1 Å². The molecule has 0 aromatic heterocycles. The Balaban J connectivity index is 0.000000316. The number of benzene rings is 2. The van der Waals surface area contributed by atoms with Crippen LogP contribution in [-0.4, -0.2) is 24.9 Å². The lowest BCUT2D eigenvalue weighted by Gasteiger charge is -2.10. The molecule has 0 radical (unpaired) electrons. The number of halogens is 6. The summed E-state index contributed by atoms with van der Waals surface area (Å²) in [7, 11) is 0. The third-order valence-electron chi connectivity index (χ3n) is 3.94. The van der Waals surface area contributed by atoms with Crippen molar-refractivity contribution in [1.82, 2.24) is 5.32 Å². The number of carbonyl (C=O) groups excluding carboxylic acids is 2. The molecule has 0 aliphatic heterocycles. The minimum atomic E-state index is -2.33. The molecule has 170 valence electrons. The summed E-state index contributed by atoms with van der Waals surface area (Å²) >= 11 is 6.02. The number of carbonyl (C=O) groups is 2. The van der Waals surface area contributed by atoms with Gasteiger partial charge in [-0.15, -0.1) is 0 Å². The molecule has 0 spiro atoms. The number of nitrogens with two attached hydrogens (primary N) is 1. The van der Waals surface area contributed by atoms with Crippen LogP contribution in [0.15, 0.2) is 18.2 Å². The summed E-state index contributed by atoms with van der Waals surface area (Å²) in [6.07, 6.45) is 2.21. The highest BCUT2D eigenvalue weighted by Crippen LogP contribution is 2.25. The number of hydrogen-bond acceptors (Lipinski definition) is 3. The molecule has 0 atom stereocenters. The Labute approximate surface area is 180 Å². The number of primary amides is 1. The number of hydrogen-bond donors (Lipinski definition) is 3. The Kier molecular flexibility index (Phi) is 10.4. The quantitative estimate of drug-likeness (QED) is 0.244. The number of anilines is 1. The highest BCUT2D eigenvalue weighted by molar-refractivity contribution is 6.33. The molecule has 0 bridgehead atoms. The summed E-state index contributed by atoms with van der Waals surface area (Å²) in [6.45, 7) is 5.23. The van der Waals surface area contributed by atoms with Gasteiger partial charge in [-0.1, -0.05) is 37.1 Å². The van der Waals surface area contributed by atoms with Gasteiger partial charge in [0.05, 0.1) is 17.3 Å². The summed E-state index contributed by atoms with van der Waals surface area (Å²) in [4.78, 5) is 22.0. The van der Waals surface area contributed by atoms with E-state index in [4.69, 9.17) is 11.6 Å². The molecule has 0 aliphatic rings. The minimum absolute atomic E-state index is 0.0581. The van der Waals surface area contributed by atoms with E-state index in [2.05, 4.69) is 23.3 Å². The van der Waals surface area contributed by atoms with Gasteiger partial charge in [0.2, 0.25) is 11.7 Å². The van der Waals surface area contributed by atoms with Gasteiger partial charge in [-0.2, -0.15) is 0 Å². The van der Waals surface area contributed by atoms with Gasteiger partial charge in [0.25, 0.3) is 5.91 Å². The zero-order valence-corrected chi connectivity index (χ0v) is 17.5. The van der Waals surface area contributed by atoms with E-state index in [0.717, 1.165) is 24.9 Å². The topological polar surface area (TPSA) is 84.2 Å². The normalized spacial score (nSPS) is 10.3. The van der Waals surface area contributed by atoms with Crippen LogP contribution < -0.4 is 16.4 Å². The Bertz CT molecular complexity index is 908. The van der Waals surface area contributed by atoms with Gasteiger partial charge in [0, 0.05) is 0 Å². The molecular weight excluding hydrogens is 445 g/mol. The molecule has 2 rings (SSSR count). The van der Waals surface area contributed by atoms with Gasteiger partial charge in [-0.3, -0.25) is 9.59 Å². The largest absolute Gasteiger partial charge is 0.365 e. The second kappa shape index (κ2) is 12.2. The van der Waals surface area contributed by atoms with Gasteiger partial charge in [-0.25, -0.2) is 22.0 Å². The van der Waals surface area contributed by atoms with E-state index in [1.165, 1.54) is 0 Å². The number of amides is 2. The predicted molar refractivity (Wildman–Crippen MR) is 107 cm³/mol. The Hall–Kier alpha value is -2.72. The third kappa shape index (κ3) is 7.18. The Morgan fingerprint density at radius 2 is 1.55 bits per heavy atom. The molecule has 11 heteroatoms. The van der Waals surface area contributed by atoms with E-state index in [-0.39, 0.29) is 5.91 Å². The van der Waals surface area contributed by atoms with Crippen LogP contribution in [0.3, 0.4) is 0 Å². The summed E-state index contributed by atoms with van der Waals surface area (Å²) in [5, 5.41) is 6.49. The average Bonchev–Trinajstić information content (AvgIpc) is 2.71. The predicted octanol–water partition coefficient (Wildman–Crippen LogP) is 4.46. The van der Waals surface area contributed by atoms with E-state index in [1.54, 1.807) is 6.07 Å². The van der Waals surface area contributed by atoms with Crippen LogP contribution in [0.1, 0.15) is 35.7 Å². The molecule has 2 amide bonds. The van der Waals surface area contributed by atoms with Crippen LogP contribution in [0.2, 0.25) is 5.02 Å². The van der Waals surface area contributed by atoms with Crippen LogP contribution in [0.5, 0.6) is 0 Å². The van der Waals surface area contributed by atoms with Crippen LogP contribution in [0, 0.1) is 36.0 Å². The Morgan fingerprint density at radius 3 is 2.03 bits per heavy atom. The second-order valence-electron chi connectivity index (χ2n) is 6.32. The second-order valence-corrected chi connectivity index (χ2v) is 6.73. The van der Waals surface area contributed by atoms with Crippen LogP contribution >= 0.6 is 11.6 Å². The number of para-hydroxylation sites is 1. The van der Waals surface area contributed by atoms with Crippen molar-refractivity contribution in [2.24, 2.45) is 5.73 Å². The molecule has 2 aromatic rings. The van der Waals surface area contributed by atoms with Crippen LogP contribution in [-0.2, 0) is 4.79 Å². The molecule has 0 saturated carbocycles. The summed E-state index contributed by atoms with van der Waals surface area (Å²) in [5.41, 5.74) is 4.47. The lowest BCUT2D eigenvalue weighted by atomic mass is 10.1. The molecule has 0 heterocycles. The van der Waals surface area contributed by atoms with Crippen molar-refractivity contribution in [3.05, 3.63) is 63.4 Å². The van der Waals surface area contributed by atoms with Crippen LogP contribution in [0.25, 0.3) is 0 Å². The van der Waals surface area contributed by atoms with E-state index >= 15 is 0 Å². The van der Waals surface area contributed by atoms with Gasteiger partial charge >= 0.3 is 0 Å². The van der Waals surface area contributed by atoms with Crippen molar-refractivity contribution >= 4 is 29.1 Å². The zero-order valence-electron chi connectivity index (χ0n) is 16.7. The molecular formula is C20H21ClF5N3O2. The highest BCUT2D eigenvalue weighted by atomic mass is 35.5. The number of nitrogens with one attached hydrogen (secondary N) is 2. The average molecular weight is 466 g/mol. The van der Waals surface area contributed by atoms with Gasteiger partial charge in [0.15, 0.2) is 23.3 Å². The fourth-order valence-electron chi connectivity index (χ4n) is 2.30. The van der Waals surface area contributed by atoms with E-state index in [9.17, 15) is 31.5 Å². The summed E-state index contributed by atoms with van der Waals surface area (Å²) < 4.78 is 62.4. The first kappa shape index (κ1) is 26.3. The van der Waals surface area contributed by atoms with Crippen molar-refractivity contribution in [3.63, 3.8) is 0 Å². The van der Waals surface area contributed by atoms with Crippen molar-refractivity contribution in [2.75, 3.05) is 18.4 Å². The first-order chi connectivity index (χ1) is 14.5. The molecule has 4 N–H and O–H groups in total. The summed E-state index contributed by atoms with van der Waals surface area (Å²) in [5.74, 6) is -13.0. The maximum atomic E-state index is 12.6. The maximum Gasteiger partial charge on any atom is 0.254 e. The van der Waals surface area contributed by atoms with Gasteiger partial charge in [-0.05, 0) is 31.5 Å². The lowest BCUT2D eigenvalue weighted by molar-refractivity contribution is -0.115. The zero-order chi connectivity index (χ0) is 23.7. The lowest BCUT2D eigenvalue weighted by Crippen LogP contribution is -2.29. The minimum Gasteiger partial charge on any atom is -0.365 e. The van der Waals surface area contributed by atoms with E-state index < -0.39 is 40.6 Å². The molecule has 5 nitrogen and oxygen atoms in total. The van der Waals surface area contributed by atoms with Gasteiger partial charge < -0.3 is 16.4 Å². The SMILES string of the molecule is CCCCNCC(=O)Nc1c(C)cccc1Cl.NC(=O)c1c(F)c(F)c(F)c(F)c1F. The van der Waals surface area contributed by atoms with Crippen molar-refractivity contribution in [1.29, 1.82) is 0 Å². The van der Waals surface area contributed by atoms with Crippen molar-refractivity contribution < 1.29 is 31.5 Å². The fraction of sp³-hybridized carbons (Fsp3) is 0.300. The molecule has 0 unspecified atom stereocenters. The monoisotopic (exact) mass is 465 g/mol. The number of aryl methyl sites for hydroxylation is 1. The highest BCUT2D eigenvalue weighted by Gasteiger charge is 2.28. The van der Waals surface area contributed by atoms with Crippen molar-refractivity contribution in [3.8, 4) is 0 Å². The number of rotatable bonds is 7. The molecule has 0 aliphatic carbocycles. The van der Waals surface area contributed by atoms with E-state index in [0.29, 0.717) is 17.3 Å². The molecule has 2 aromatic carbocycles. The van der Waals surface area contributed by atoms with Crippen LogP contribution in [0.4, 0.5) is 27.6 Å². The smallest absolute Gasteiger partial charge is 0.254 e. The molecule has 31 heavy (non-hydrogen) atoms. The first-order valence-electron chi connectivity index (χ1n) is 9.09.